The molecule has 0 aliphatic rings. The highest BCUT2D eigenvalue weighted by Gasteiger charge is 2.09. The molecule has 7 heteroatoms. The Kier molecular flexibility index (Phi) is 3.73. The van der Waals surface area contributed by atoms with Crippen LogP contribution < -0.4 is 11.5 Å². The van der Waals surface area contributed by atoms with Crippen molar-refractivity contribution in [1.29, 1.82) is 0 Å². The molecular formula is C12H12ClN5S. The third-order valence-electron chi connectivity index (χ3n) is 2.58. The monoisotopic (exact) mass is 293 g/mol. The molecule has 0 spiro atoms. The number of halogens is 1. The summed E-state index contributed by atoms with van der Waals surface area (Å²) in [6.45, 7) is 0. The van der Waals surface area contributed by atoms with Gasteiger partial charge in [-0.3, -0.25) is 0 Å². The minimum Gasteiger partial charge on any atom is -0.370 e. The first kappa shape index (κ1) is 13.4. The van der Waals surface area contributed by atoms with Crippen LogP contribution in [0.15, 0.2) is 40.8 Å². The Morgan fingerprint density at radius 3 is 2.84 bits per heavy atom. The number of guanidine groups is 1. The summed E-state index contributed by atoms with van der Waals surface area (Å²) in [6, 6.07) is 8.08. The molecule has 3 rings (SSSR count). The van der Waals surface area contributed by atoms with E-state index in [1.807, 2.05) is 29.8 Å². The van der Waals surface area contributed by atoms with Crippen LogP contribution in [0.25, 0.3) is 22.2 Å². The van der Waals surface area contributed by atoms with Crippen molar-refractivity contribution < 1.29 is 0 Å². The number of aromatic nitrogens is 2. The third kappa shape index (κ3) is 2.54. The van der Waals surface area contributed by atoms with Crippen molar-refractivity contribution in [3.8, 4) is 11.3 Å². The smallest absolute Gasteiger partial charge is 0.212 e. The normalized spacial score (nSPS) is 10.1. The van der Waals surface area contributed by atoms with Gasteiger partial charge in [0.2, 0.25) is 5.13 Å². The fraction of sp³-hybridized carbons (Fsp3) is 0. The molecular weight excluding hydrogens is 282 g/mol. The van der Waals surface area contributed by atoms with Crippen molar-refractivity contribution in [2.75, 3.05) is 0 Å². The number of thiazole rings is 1. The predicted molar refractivity (Wildman–Crippen MR) is 82.1 cm³/mol. The number of aliphatic imine (C=N–C) groups is 1. The van der Waals surface area contributed by atoms with E-state index in [0.717, 1.165) is 22.2 Å². The van der Waals surface area contributed by atoms with Crippen molar-refractivity contribution in [2.45, 2.75) is 0 Å². The second kappa shape index (κ2) is 5.29. The lowest BCUT2D eigenvalue weighted by Crippen LogP contribution is -2.21. The number of H-pyrrole nitrogens is 1. The zero-order valence-electron chi connectivity index (χ0n) is 9.83. The van der Waals surface area contributed by atoms with E-state index in [0.29, 0.717) is 5.13 Å². The molecule has 0 saturated carbocycles. The predicted octanol–water partition coefficient (Wildman–Crippen LogP) is 2.62. The van der Waals surface area contributed by atoms with Gasteiger partial charge in [0.15, 0.2) is 5.96 Å². The van der Waals surface area contributed by atoms with E-state index in [9.17, 15) is 0 Å². The van der Waals surface area contributed by atoms with Gasteiger partial charge in [-0.25, -0.2) is 4.98 Å². The highest BCUT2D eigenvalue weighted by molar-refractivity contribution is 7.13. The van der Waals surface area contributed by atoms with Crippen molar-refractivity contribution in [2.24, 2.45) is 16.5 Å². The molecule has 0 aliphatic heterocycles. The average molecular weight is 294 g/mol. The lowest BCUT2D eigenvalue weighted by Gasteiger charge is -1.93. The maximum atomic E-state index is 5.33. The van der Waals surface area contributed by atoms with Gasteiger partial charge in [-0.05, 0) is 6.07 Å². The first-order valence-corrected chi connectivity index (χ1v) is 6.23. The van der Waals surface area contributed by atoms with Crippen LogP contribution in [0.3, 0.4) is 0 Å². The number of aromatic amines is 1. The standard InChI is InChI=1S/C12H11N5S.ClH/c13-11(14)17-12-16-10(6-18-12)8-5-15-9-4-2-1-3-7(8)9;/h1-6,15H,(H4,13,14,16,17);1H. The quantitative estimate of drug-likeness (QED) is 0.501. The second-order valence-corrected chi connectivity index (χ2v) is 4.64. The fourth-order valence-corrected chi connectivity index (χ4v) is 2.54. The highest BCUT2D eigenvalue weighted by Crippen LogP contribution is 2.31. The molecule has 0 fully saturated rings. The topological polar surface area (TPSA) is 93.1 Å². The van der Waals surface area contributed by atoms with E-state index in [4.69, 9.17) is 11.5 Å². The van der Waals surface area contributed by atoms with Crippen LogP contribution in [0, 0.1) is 0 Å². The molecule has 3 aromatic rings. The third-order valence-corrected chi connectivity index (χ3v) is 3.32. The molecule has 0 aliphatic carbocycles. The Bertz CT molecular complexity index is 726. The summed E-state index contributed by atoms with van der Waals surface area (Å²) in [5.74, 6) is 0.0230. The lowest BCUT2D eigenvalue weighted by atomic mass is 10.1. The molecule has 2 aromatic heterocycles. The average Bonchev–Trinajstić information content (AvgIpc) is 2.94. The van der Waals surface area contributed by atoms with Gasteiger partial charge in [0.25, 0.3) is 0 Å². The summed E-state index contributed by atoms with van der Waals surface area (Å²) in [5, 5.41) is 3.64. The van der Waals surface area contributed by atoms with Gasteiger partial charge in [0, 0.05) is 28.0 Å². The van der Waals surface area contributed by atoms with Crippen LogP contribution >= 0.6 is 23.7 Å². The molecule has 0 saturated heterocycles. The van der Waals surface area contributed by atoms with Crippen molar-refractivity contribution in [1.82, 2.24) is 9.97 Å². The van der Waals surface area contributed by atoms with Gasteiger partial charge in [0.1, 0.15) is 0 Å². The Labute approximate surface area is 119 Å². The van der Waals surface area contributed by atoms with Gasteiger partial charge in [0.05, 0.1) is 5.69 Å². The van der Waals surface area contributed by atoms with Crippen molar-refractivity contribution in [3.05, 3.63) is 35.8 Å². The lowest BCUT2D eigenvalue weighted by molar-refractivity contribution is 1.33. The maximum Gasteiger partial charge on any atom is 0.212 e. The van der Waals surface area contributed by atoms with Crippen LogP contribution in [-0.2, 0) is 0 Å². The SMILES string of the molecule is Cl.NC(N)=Nc1nc(-c2c[nH]c3ccccc23)cs1. The number of rotatable bonds is 2. The van der Waals surface area contributed by atoms with Crippen molar-refractivity contribution in [3.63, 3.8) is 0 Å². The van der Waals surface area contributed by atoms with E-state index in [2.05, 4.69) is 21.0 Å². The molecule has 0 radical (unpaired) electrons. The molecule has 98 valence electrons. The van der Waals surface area contributed by atoms with Crippen LogP contribution in [0.4, 0.5) is 5.13 Å². The Morgan fingerprint density at radius 1 is 1.26 bits per heavy atom. The minimum absolute atomic E-state index is 0. The highest BCUT2D eigenvalue weighted by atomic mass is 35.5. The van der Waals surface area contributed by atoms with E-state index in [1.165, 1.54) is 11.3 Å². The first-order valence-electron chi connectivity index (χ1n) is 5.35. The summed E-state index contributed by atoms with van der Waals surface area (Å²) in [7, 11) is 0. The number of nitrogens with one attached hydrogen (secondary N) is 1. The largest absolute Gasteiger partial charge is 0.370 e. The summed E-state index contributed by atoms with van der Waals surface area (Å²) < 4.78 is 0. The molecule has 5 nitrogen and oxygen atoms in total. The van der Waals surface area contributed by atoms with Gasteiger partial charge in [-0.15, -0.1) is 23.7 Å². The number of hydrogen-bond donors (Lipinski definition) is 3. The number of hydrogen-bond acceptors (Lipinski definition) is 3. The molecule has 19 heavy (non-hydrogen) atoms. The van der Waals surface area contributed by atoms with E-state index >= 15 is 0 Å². The fourth-order valence-electron chi connectivity index (χ4n) is 1.83. The van der Waals surface area contributed by atoms with Gasteiger partial charge < -0.3 is 16.5 Å². The minimum atomic E-state index is 0. The Morgan fingerprint density at radius 2 is 2.05 bits per heavy atom. The van der Waals surface area contributed by atoms with Crippen LogP contribution in [-0.4, -0.2) is 15.9 Å². The van der Waals surface area contributed by atoms with Crippen LogP contribution in [0.5, 0.6) is 0 Å². The van der Waals surface area contributed by atoms with E-state index < -0.39 is 0 Å². The summed E-state index contributed by atoms with van der Waals surface area (Å²) >= 11 is 1.41. The zero-order chi connectivity index (χ0) is 12.5. The molecule has 0 amide bonds. The second-order valence-electron chi connectivity index (χ2n) is 3.80. The van der Waals surface area contributed by atoms with Gasteiger partial charge in [-0.2, -0.15) is 4.99 Å². The van der Waals surface area contributed by atoms with Crippen molar-refractivity contribution >= 4 is 45.7 Å². The summed E-state index contributed by atoms with van der Waals surface area (Å²) in [6.07, 6.45) is 1.94. The number of fused-ring (bicyclic) bond motifs is 1. The van der Waals surface area contributed by atoms with Crippen LogP contribution in [0.1, 0.15) is 0 Å². The molecule has 0 bridgehead atoms. The number of para-hydroxylation sites is 1. The number of benzene rings is 1. The molecule has 2 heterocycles. The zero-order valence-corrected chi connectivity index (χ0v) is 11.5. The summed E-state index contributed by atoms with van der Waals surface area (Å²) in [4.78, 5) is 11.5. The van der Waals surface area contributed by atoms with E-state index in [1.54, 1.807) is 0 Å². The molecule has 0 unspecified atom stereocenters. The van der Waals surface area contributed by atoms with E-state index in [-0.39, 0.29) is 18.4 Å². The maximum absolute atomic E-state index is 5.33. The van der Waals surface area contributed by atoms with Gasteiger partial charge >= 0.3 is 0 Å². The first-order chi connectivity index (χ1) is 8.74. The Balaban J connectivity index is 0.00000133. The van der Waals surface area contributed by atoms with Crippen LogP contribution in [0.2, 0.25) is 0 Å². The molecule has 0 atom stereocenters. The Hall–Kier alpha value is -2.05. The van der Waals surface area contributed by atoms with Gasteiger partial charge in [-0.1, -0.05) is 18.2 Å². The number of nitrogens with zero attached hydrogens (tertiary/aromatic N) is 2. The number of nitrogens with two attached hydrogens (primary N) is 2. The molecule has 5 N–H and O–H groups in total. The summed E-state index contributed by atoms with van der Waals surface area (Å²) in [5.41, 5.74) is 13.7. The molecule has 1 aromatic carbocycles.